The lowest BCUT2D eigenvalue weighted by molar-refractivity contribution is 0.221. The van der Waals surface area contributed by atoms with Crippen LogP contribution in [0.1, 0.15) is 40.0 Å². The van der Waals surface area contributed by atoms with E-state index in [2.05, 4.69) is 26.8 Å². The summed E-state index contributed by atoms with van der Waals surface area (Å²) in [7, 11) is 0. The van der Waals surface area contributed by atoms with E-state index in [-0.39, 0.29) is 11.7 Å². The lowest BCUT2D eigenvalue weighted by atomic mass is 9.87. The monoisotopic (exact) mass is 167 g/mol. The number of hydrogen-bond acceptors (Lipinski definition) is 2. The van der Waals surface area contributed by atoms with Gasteiger partial charge >= 0.3 is 0 Å². The Labute approximate surface area is 74.5 Å². The van der Waals surface area contributed by atoms with Gasteiger partial charge in [-0.15, -0.1) is 0 Å². The van der Waals surface area contributed by atoms with E-state index in [1.54, 1.807) is 0 Å². The zero-order chi connectivity index (χ0) is 9.19. The summed E-state index contributed by atoms with van der Waals surface area (Å²) >= 11 is 0. The summed E-state index contributed by atoms with van der Waals surface area (Å²) in [6, 6.07) is 2.20. The van der Waals surface area contributed by atoms with Gasteiger partial charge in [0.15, 0.2) is 6.10 Å². The molecule has 1 aliphatic rings. The van der Waals surface area contributed by atoms with E-state index in [0.29, 0.717) is 5.92 Å². The van der Waals surface area contributed by atoms with Crippen LogP contribution in [0.25, 0.3) is 0 Å². The molecule has 0 N–H and O–H groups in total. The fourth-order valence-electron chi connectivity index (χ4n) is 1.69. The molecule has 0 saturated carbocycles. The molecule has 2 heteroatoms. The van der Waals surface area contributed by atoms with Crippen molar-refractivity contribution >= 4 is 0 Å². The van der Waals surface area contributed by atoms with E-state index in [9.17, 15) is 0 Å². The van der Waals surface area contributed by atoms with Crippen LogP contribution >= 0.6 is 0 Å². The predicted molar refractivity (Wildman–Crippen MR) is 47.6 cm³/mol. The van der Waals surface area contributed by atoms with Gasteiger partial charge in [0, 0.05) is 0 Å². The first-order valence-corrected chi connectivity index (χ1v) is 4.74. The zero-order valence-corrected chi connectivity index (χ0v) is 8.13. The van der Waals surface area contributed by atoms with Gasteiger partial charge in [-0.25, -0.2) is 0 Å². The van der Waals surface area contributed by atoms with E-state index in [1.807, 2.05) is 0 Å². The molecule has 0 bridgehead atoms. The molecule has 0 radical (unpaired) electrons. The molecule has 1 aliphatic heterocycles. The summed E-state index contributed by atoms with van der Waals surface area (Å²) in [5, 5.41) is 8.71. The third-order valence-electron chi connectivity index (χ3n) is 2.74. The van der Waals surface area contributed by atoms with Crippen molar-refractivity contribution in [3.63, 3.8) is 0 Å². The number of rotatable bonds is 4. The third kappa shape index (κ3) is 1.47. The fourth-order valence-corrected chi connectivity index (χ4v) is 1.69. The van der Waals surface area contributed by atoms with Crippen LogP contribution in [0.15, 0.2) is 0 Å². The molecule has 1 heterocycles. The highest BCUT2D eigenvalue weighted by molar-refractivity contribution is 5.15. The second-order valence-electron chi connectivity index (χ2n) is 3.84. The van der Waals surface area contributed by atoms with Gasteiger partial charge in [-0.1, -0.05) is 33.6 Å². The summed E-state index contributed by atoms with van der Waals surface area (Å²) in [5.41, 5.74) is -0.0925. The summed E-state index contributed by atoms with van der Waals surface area (Å²) in [4.78, 5) is 0. The quantitative estimate of drug-likeness (QED) is 0.603. The number of epoxide rings is 1. The SMILES string of the molecule is CCCC[C@]1(C(C)C)O[C@@H]1C#N. The second kappa shape index (κ2) is 3.45. The number of ether oxygens (including phenoxy) is 1. The first-order chi connectivity index (χ1) is 5.67. The van der Waals surface area contributed by atoms with E-state index >= 15 is 0 Å². The maximum atomic E-state index is 8.71. The molecule has 0 unspecified atom stereocenters. The van der Waals surface area contributed by atoms with Crippen molar-refractivity contribution in [2.75, 3.05) is 0 Å². The van der Waals surface area contributed by atoms with Crippen molar-refractivity contribution in [1.29, 1.82) is 5.26 Å². The van der Waals surface area contributed by atoms with Crippen LogP contribution in [0, 0.1) is 17.2 Å². The molecule has 0 aliphatic carbocycles. The Morgan fingerprint density at radius 1 is 1.58 bits per heavy atom. The van der Waals surface area contributed by atoms with Crippen LogP contribution in [0.5, 0.6) is 0 Å². The highest BCUT2D eigenvalue weighted by Crippen LogP contribution is 2.46. The molecule has 0 spiro atoms. The van der Waals surface area contributed by atoms with Crippen LogP contribution < -0.4 is 0 Å². The van der Waals surface area contributed by atoms with Crippen LogP contribution in [0.4, 0.5) is 0 Å². The smallest absolute Gasteiger partial charge is 0.173 e. The number of nitrogens with zero attached hydrogens (tertiary/aromatic N) is 1. The van der Waals surface area contributed by atoms with E-state index in [1.165, 1.54) is 6.42 Å². The van der Waals surface area contributed by atoms with Crippen molar-refractivity contribution in [3.05, 3.63) is 0 Å². The largest absolute Gasteiger partial charge is 0.350 e. The Morgan fingerprint density at radius 2 is 2.25 bits per heavy atom. The predicted octanol–water partition coefficient (Wildman–Crippen LogP) is 2.49. The average molecular weight is 167 g/mol. The highest BCUT2D eigenvalue weighted by Gasteiger charge is 2.58. The molecule has 2 atom stereocenters. The Kier molecular flexibility index (Phi) is 2.74. The van der Waals surface area contributed by atoms with Crippen molar-refractivity contribution in [3.8, 4) is 6.07 Å². The summed E-state index contributed by atoms with van der Waals surface area (Å²) < 4.78 is 5.46. The van der Waals surface area contributed by atoms with E-state index in [0.717, 1.165) is 12.8 Å². The third-order valence-corrected chi connectivity index (χ3v) is 2.74. The summed E-state index contributed by atoms with van der Waals surface area (Å²) in [6.07, 6.45) is 3.25. The number of hydrogen-bond donors (Lipinski definition) is 0. The minimum absolute atomic E-state index is 0.0925. The summed E-state index contributed by atoms with van der Waals surface area (Å²) in [6.45, 7) is 6.43. The molecule has 0 amide bonds. The fraction of sp³-hybridized carbons (Fsp3) is 0.900. The van der Waals surface area contributed by atoms with E-state index < -0.39 is 0 Å². The van der Waals surface area contributed by atoms with Gasteiger partial charge in [-0.05, 0) is 12.3 Å². The molecule has 68 valence electrons. The van der Waals surface area contributed by atoms with Crippen LogP contribution in [-0.2, 0) is 4.74 Å². The van der Waals surface area contributed by atoms with Crippen molar-refractivity contribution in [1.82, 2.24) is 0 Å². The normalized spacial score (nSPS) is 33.4. The Bertz CT molecular complexity index is 195. The highest BCUT2D eigenvalue weighted by atomic mass is 16.6. The van der Waals surface area contributed by atoms with Gasteiger partial charge in [-0.3, -0.25) is 0 Å². The molecule has 0 aromatic carbocycles. The van der Waals surface area contributed by atoms with Crippen molar-refractivity contribution in [2.45, 2.75) is 51.7 Å². The second-order valence-corrected chi connectivity index (χ2v) is 3.84. The van der Waals surface area contributed by atoms with Gasteiger partial charge < -0.3 is 4.74 Å². The first-order valence-electron chi connectivity index (χ1n) is 4.74. The zero-order valence-electron chi connectivity index (χ0n) is 8.13. The molecule has 1 fully saturated rings. The average Bonchev–Trinajstić information content (AvgIpc) is 2.76. The topological polar surface area (TPSA) is 36.3 Å². The first kappa shape index (κ1) is 9.54. The van der Waals surface area contributed by atoms with Gasteiger partial charge in [0.25, 0.3) is 0 Å². The molecule has 0 aromatic rings. The Balaban J connectivity index is 2.49. The van der Waals surface area contributed by atoms with Gasteiger partial charge in [0.05, 0.1) is 6.07 Å². The molecule has 0 aromatic heterocycles. The Hall–Kier alpha value is -0.550. The Morgan fingerprint density at radius 3 is 2.58 bits per heavy atom. The molecular weight excluding hydrogens is 150 g/mol. The van der Waals surface area contributed by atoms with Crippen molar-refractivity contribution < 1.29 is 4.74 Å². The maximum Gasteiger partial charge on any atom is 0.173 e. The molecular formula is C10H17NO. The minimum atomic E-state index is -0.135. The molecule has 12 heavy (non-hydrogen) atoms. The van der Waals surface area contributed by atoms with Gasteiger partial charge in [-0.2, -0.15) is 5.26 Å². The minimum Gasteiger partial charge on any atom is -0.350 e. The van der Waals surface area contributed by atoms with Gasteiger partial charge in [0.1, 0.15) is 5.60 Å². The van der Waals surface area contributed by atoms with E-state index in [4.69, 9.17) is 10.00 Å². The number of nitriles is 1. The van der Waals surface area contributed by atoms with Crippen LogP contribution in [-0.4, -0.2) is 11.7 Å². The van der Waals surface area contributed by atoms with Crippen molar-refractivity contribution in [2.24, 2.45) is 5.92 Å². The molecule has 1 rings (SSSR count). The van der Waals surface area contributed by atoms with Gasteiger partial charge in [0.2, 0.25) is 0 Å². The number of unbranched alkanes of at least 4 members (excludes halogenated alkanes) is 1. The maximum absolute atomic E-state index is 8.71. The lowest BCUT2D eigenvalue weighted by Crippen LogP contribution is -2.22. The summed E-state index contributed by atoms with van der Waals surface area (Å²) in [5.74, 6) is 0.466. The standard InChI is InChI=1S/C10H17NO/c1-4-5-6-10(8(2)3)9(7-11)12-10/h8-9H,4-6H2,1-3H3/t9-,10-/m1/s1. The van der Waals surface area contributed by atoms with Crippen LogP contribution in [0.2, 0.25) is 0 Å². The molecule has 1 saturated heterocycles. The molecule has 2 nitrogen and oxygen atoms in total. The lowest BCUT2D eigenvalue weighted by Gasteiger charge is -2.14. The van der Waals surface area contributed by atoms with Crippen LogP contribution in [0.3, 0.4) is 0 Å².